The summed E-state index contributed by atoms with van der Waals surface area (Å²) in [6.45, 7) is 5.84. The number of nitrogens with zero attached hydrogens (tertiary/aromatic N) is 1. The molecule has 0 aromatic heterocycles. The number of nitrogens with two attached hydrogens (primary N) is 1. The number of hydrogen-bond acceptors (Lipinski definition) is 5. The number of rotatable bonds is 12. The smallest absolute Gasteiger partial charge is 0.205 e. The fourth-order valence-corrected chi connectivity index (χ4v) is 5.12. The third-order valence-electron chi connectivity index (χ3n) is 7.18. The second kappa shape index (κ2) is 13.8. The van der Waals surface area contributed by atoms with E-state index in [-0.39, 0.29) is 11.8 Å². The Morgan fingerprint density at radius 1 is 0.895 bits per heavy atom. The topological polar surface area (TPSA) is 77.5 Å². The molecule has 5 nitrogen and oxygen atoms in total. The van der Waals surface area contributed by atoms with Crippen molar-refractivity contribution in [1.29, 1.82) is 5.26 Å². The van der Waals surface area contributed by atoms with Gasteiger partial charge in [0, 0.05) is 5.92 Å². The molecule has 5 heteroatoms. The minimum absolute atomic E-state index is 0.194. The molecular formula is C33H40N2O3. The van der Waals surface area contributed by atoms with Crippen molar-refractivity contribution in [3.05, 3.63) is 88.0 Å². The molecule has 1 atom stereocenters. The van der Waals surface area contributed by atoms with Gasteiger partial charge in [0.1, 0.15) is 28.9 Å². The Bertz CT molecular complexity index is 1200. The van der Waals surface area contributed by atoms with Crippen LogP contribution in [-0.4, -0.2) is 13.2 Å². The van der Waals surface area contributed by atoms with E-state index >= 15 is 0 Å². The standard InChI is InChI=1S/C33H40N2O3/c1-3-5-7-20-36-27-16-12-24(13-17-27)22-26-10-9-11-29-31(30(23-34)33(35)38-32(26)29)25-14-18-28(19-15-25)37-21-8-6-4-2/h12-19,22,31H,3-11,20-21,35H2,1-2H3. The van der Waals surface area contributed by atoms with Crippen molar-refractivity contribution in [3.63, 3.8) is 0 Å². The number of nitriles is 1. The zero-order valence-electron chi connectivity index (χ0n) is 22.8. The van der Waals surface area contributed by atoms with Crippen LogP contribution in [0.3, 0.4) is 0 Å². The molecule has 0 saturated carbocycles. The molecule has 0 radical (unpaired) electrons. The van der Waals surface area contributed by atoms with E-state index in [1.54, 1.807) is 0 Å². The predicted molar refractivity (Wildman–Crippen MR) is 152 cm³/mol. The Kier molecular flexibility index (Phi) is 9.92. The van der Waals surface area contributed by atoms with E-state index in [0.717, 1.165) is 84.8 Å². The molecule has 1 unspecified atom stereocenters. The van der Waals surface area contributed by atoms with Gasteiger partial charge in [0.05, 0.1) is 13.2 Å². The molecule has 2 aliphatic rings. The number of allylic oxidation sites excluding steroid dienone is 3. The highest BCUT2D eigenvalue weighted by atomic mass is 16.5. The van der Waals surface area contributed by atoms with Crippen molar-refractivity contribution in [2.45, 2.75) is 77.6 Å². The van der Waals surface area contributed by atoms with Crippen molar-refractivity contribution < 1.29 is 14.2 Å². The van der Waals surface area contributed by atoms with Gasteiger partial charge in [0.15, 0.2) is 0 Å². The fraction of sp³-hybridized carbons (Fsp3) is 0.424. The van der Waals surface area contributed by atoms with Gasteiger partial charge in [0.25, 0.3) is 0 Å². The highest BCUT2D eigenvalue weighted by molar-refractivity contribution is 5.62. The van der Waals surface area contributed by atoms with Crippen molar-refractivity contribution in [2.75, 3.05) is 13.2 Å². The minimum atomic E-state index is -0.208. The second-order valence-electron chi connectivity index (χ2n) is 10.1. The Morgan fingerprint density at radius 2 is 1.50 bits per heavy atom. The lowest BCUT2D eigenvalue weighted by Gasteiger charge is -2.33. The summed E-state index contributed by atoms with van der Waals surface area (Å²) in [5.74, 6) is 2.55. The van der Waals surface area contributed by atoms with E-state index < -0.39 is 0 Å². The van der Waals surface area contributed by atoms with Gasteiger partial charge in [-0.1, -0.05) is 63.8 Å². The zero-order chi connectivity index (χ0) is 26.7. The Balaban J connectivity index is 1.55. The number of benzene rings is 2. The van der Waals surface area contributed by atoms with Crippen molar-refractivity contribution in [3.8, 4) is 17.6 Å². The maximum absolute atomic E-state index is 9.98. The van der Waals surface area contributed by atoms with Gasteiger partial charge in [-0.2, -0.15) is 5.26 Å². The van der Waals surface area contributed by atoms with Crippen LogP contribution in [0.1, 0.15) is 88.7 Å². The van der Waals surface area contributed by atoms with Gasteiger partial charge in [-0.3, -0.25) is 0 Å². The average Bonchev–Trinajstić information content (AvgIpc) is 2.94. The average molecular weight is 513 g/mol. The lowest BCUT2D eigenvalue weighted by atomic mass is 9.77. The van der Waals surface area contributed by atoms with E-state index in [2.05, 4.69) is 50.3 Å². The molecule has 0 amide bonds. The predicted octanol–water partition coefficient (Wildman–Crippen LogP) is 8.15. The third kappa shape index (κ3) is 6.81. The summed E-state index contributed by atoms with van der Waals surface area (Å²) in [6, 6.07) is 18.6. The third-order valence-corrected chi connectivity index (χ3v) is 7.18. The molecule has 0 spiro atoms. The maximum Gasteiger partial charge on any atom is 0.205 e. The number of ether oxygens (including phenoxy) is 3. The summed E-state index contributed by atoms with van der Waals surface area (Å²) in [5.41, 5.74) is 11.2. The summed E-state index contributed by atoms with van der Waals surface area (Å²) >= 11 is 0. The molecule has 1 aliphatic carbocycles. The van der Waals surface area contributed by atoms with Crippen LogP contribution in [0.25, 0.3) is 6.08 Å². The SMILES string of the molecule is CCCCCOc1ccc(C=C2CCCC3=C2OC(N)=C(C#N)C3c2ccc(OCCCCC)cc2)cc1. The molecule has 2 aromatic rings. The van der Waals surface area contributed by atoms with Gasteiger partial charge in [0.2, 0.25) is 5.88 Å². The number of hydrogen-bond donors (Lipinski definition) is 1. The van der Waals surface area contributed by atoms with Crippen molar-refractivity contribution >= 4 is 6.08 Å². The van der Waals surface area contributed by atoms with Crippen LogP contribution in [0, 0.1) is 11.3 Å². The van der Waals surface area contributed by atoms with Gasteiger partial charge in [-0.25, -0.2) is 0 Å². The van der Waals surface area contributed by atoms with Crippen LogP contribution in [0.5, 0.6) is 11.5 Å². The van der Waals surface area contributed by atoms with E-state index in [1.807, 2.05) is 24.3 Å². The van der Waals surface area contributed by atoms with Crippen LogP contribution in [0.4, 0.5) is 0 Å². The Labute approximate surface area is 227 Å². The van der Waals surface area contributed by atoms with Crippen LogP contribution in [0.2, 0.25) is 0 Å². The van der Waals surface area contributed by atoms with E-state index in [9.17, 15) is 5.26 Å². The summed E-state index contributed by atoms with van der Waals surface area (Å²) in [6.07, 6.45) is 11.8. The molecule has 1 aliphatic heterocycles. The van der Waals surface area contributed by atoms with Crippen molar-refractivity contribution in [2.24, 2.45) is 5.73 Å². The van der Waals surface area contributed by atoms with Crippen LogP contribution in [-0.2, 0) is 4.74 Å². The highest BCUT2D eigenvalue weighted by Crippen LogP contribution is 2.47. The number of unbranched alkanes of at least 4 members (excludes halogenated alkanes) is 4. The Hall–Kier alpha value is -3.65. The molecular weight excluding hydrogens is 472 g/mol. The zero-order valence-corrected chi connectivity index (χ0v) is 22.8. The fourth-order valence-electron chi connectivity index (χ4n) is 5.12. The first-order valence-corrected chi connectivity index (χ1v) is 14.1. The summed E-state index contributed by atoms with van der Waals surface area (Å²) in [7, 11) is 0. The highest BCUT2D eigenvalue weighted by Gasteiger charge is 2.35. The largest absolute Gasteiger partial charge is 0.494 e. The van der Waals surface area contributed by atoms with Gasteiger partial charge < -0.3 is 19.9 Å². The molecule has 0 bridgehead atoms. The summed E-state index contributed by atoms with van der Waals surface area (Å²) in [4.78, 5) is 0. The molecule has 0 saturated heterocycles. The van der Waals surface area contributed by atoms with Gasteiger partial charge >= 0.3 is 0 Å². The van der Waals surface area contributed by atoms with E-state index in [0.29, 0.717) is 5.57 Å². The van der Waals surface area contributed by atoms with E-state index in [4.69, 9.17) is 19.9 Å². The molecule has 2 N–H and O–H groups in total. The maximum atomic E-state index is 9.98. The molecule has 38 heavy (non-hydrogen) atoms. The molecule has 1 heterocycles. The molecule has 4 rings (SSSR count). The summed E-state index contributed by atoms with van der Waals surface area (Å²) < 4.78 is 17.9. The minimum Gasteiger partial charge on any atom is -0.494 e. The second-order valence-corrected chi connectivity index (χ2v) is 10.1. The Morgan fingerprint density at radius 3 is 2.08 bits per heavy atom. The van der Waals surface area contributed by atoms with Crippen LogP contribution >= 0.6 is 0 Å². The van der Waals surface area contributed by atoms with Crippen LogP contribution < -0.4 is 15.2 Å². The van der Waals surface area contributed by atoms with Gasteiger partial charge in [-0.05, 0) is 84.7 Å². The van der Waals surface area contributed by atoms with Crippen molar-refractivity contribution in [1.82, 2.24) is 0 Å². The normalized spacial score (nSPS) is 18.1. The first-order valence-electron chi connectivity index (χ1n) is 14.1. The molecule has 200 valence electrons. The van der Waals surface area contributed by atoms with Gasteiger partial charge in [-0.15, -0.1) is 0 Å². The quantitative estimate of drug-likeness (QED) is 0.290. The summed E-state index contributed by atoms with van der Waals surface area (Å²) in [5, 5.41) is 9.98. The van der Waals surface area contributed by atoms with E-state index in [1.165, 1.54) is 25.7 Å². The monoisotopic (exact) mass is 512 g/mol. The first kappa shape index (κ1) is 27.4. The molecule has 0 fully saturated rings. The van der Waals surface area contributed by atoms with Crippen LogP contribution in [0.15, 0.2) is 76.9 Å². The lowest BCUT2D eigenvalue weighted by Crippen LogP contribution is -2.23. The molecule has 2 aromatic carbocycles. The lowest BCUT2D eigenvalue weighted by molar-refractivity contribution is 0.277. The first-order chi connectivity index (χ1) is 18.6.